The van der Waals surface area contributed by atoms with Gasteiger partial charge in [-0.1, -0.05) is 36.7 Å². The summed E-state index contributed by atoms with van der Waals surface area (Å²) in [4.78, 5) is 0.594. The van der Waals surface area contributed by atoms with E-state index in [1.165, 1.54) is 19.3 Å². The van der Waals surface area contributed by atoms with Gasteiger partial charge in [0.05, 0.1) is 6.10 Å². The highest BCUT2D eigenvalue weighted by Gasteiger charge is 2.41. The molecule has 1 nitrogen and oxygen atoms in total. The lowest BCUT2D eigenvalue weighted by molar-refractivity contribution is 0.194. The molecule has 1 aliphatic rings. The first kappa shape index (κ1) is 12.7. The van der Waals surface area contributed by atoms with Crippen LogP contribution in [0, 0.1) is 0 Å². The van der Waals surface area contributed by atoms with E-state index in [2.05, 4.69) is 49.8 Å². The Labute approximate surface area is 97.9 Å². The van der Waals surface area contributed by atoms with Gasteiger partial charge in [0.25, 0.3) is 0 Å². The largest absolute Gasteiger partial charge is 0.413 e. The van der Waals surface area contributed by atoms with Gasteiger partial charge in [0.15, 0.2) is 8.32 Å². The fourth-order valence-corrected chi connectivity index (χ4v) is 3.86. The van der Waals surface area contributed by atoms with E-state index in [9.17, 15) is 0 Å². The summed E-state index contributed by atoms with van der Waals surface area (Å²) in [5, 5.41) is 0.336. The van der Waals surface area contributed by atoms with E-state index < -0.39 is 8.32 Å². The van der Waals surface area contributed by atoms with E-state index >= 15 is 0 Å². The van der Waals surface area contributed by atoms with Crippen LogP contribution in [0.1, 0.15) is 40.0 Å². The summed E-state index contributed by atoms with van der Waals surface area (Å²) < 4.78 is 6.37. The lowest BCUT2D eigenvalue weighted by Gasteiger charge is -2.39. The Hall–Kier alpha value is 0.657. The Kier molecular flexibility index (Phi) is 3.87. The number of hydrogen-bond donors (Lipinski definition) is 0. The number of alkyl halides is 1. The SMILES string of the molecule is CC(C)(C)[Si](C)(C)O[C@H]1CCC[C@@H]1Br. The Bertz CT molecular complexity index is 198. The van der Waals surface area contributed by atoms with Gasteiger partial charge in [-0.3, -0.25) is 0 Å². The Balaban J connectivity index is 2.58. The average Bonchev–Trinajstić information content (AvgIpc) is 2.33. The summed E-state index contributed by atoms with van der Waals surface area (Å²) in [5.41, 5.74) is 0. The van der Waals surface area contributed by atoms with Gasteiger partial charge in [-0.2, -0.15) is 0 Å². The first-order chi connectivity index (χ1) is 6.24. The maximum Gasteiger partial charge on any atom is 0.192 e. The lowest BCUT2D eigenvalue weighted by atomic mass is 10.2. The van der Waals surface area contributed by atoms with Gasteiger partial charge in [0.1, 0.15) is 0 Å². The summed E-state index contributed by atoms with van der Waals surface area (Å²) in [6.45, 7) is 11.6. The van der Waals surface area contributed by atoms with Crippen molar-refractivity contribution in [3.63, 3.8) is 0 Å². The molecule has 0 radical (unpaired) electrons. The molecular weight excluding hydrogens is 256 g/mol. The van der Waals surface area contributed by atoms with E-state index in [0.29, 0.717) is 16.0 Å². The van der Waals surface area contributed by atoms with Crippen LogP contribution in [0.25, 0.3) is 0 Å². The smallest absolute Gasteiger partial charge is 0.192 e. The van der Waals surface area contributed by atoms with E-state index in [4.69, 9.17) is 4.43 Å². The fraction of sp³-hybridized carbons (Fsp3) is 1.00. The van der Waals surface area contributed by atoms with Crippen molar-refractivity contribution in [1.82, 2.24) is 0 Å². The lowest BCUT2D eigenvalue weighted by Crippen LogP contribution is -2.44. The Morgan fingerprint density at radius 2 is 1.79 bits per heavy atom. The molecule has 0 unspecified atom stereocenters. The van der Waals surface area contributed by atoms with Gasteiger partial charge in [-0.25, -0.2) is 0 Å². The van der Waals surface area contributed by atoms with Crippen LogP contribution in [0.5, 0.6) is 0 Å². The topological polar surface area (TPSA) is 9.23 Å². The van der Waals surface area contributed by atoms with E-state index in [-0.39, 0.29) is 0 Å². The van der Waals surface area contributed by atoms with Gasteiger partial charge in [-0.15, -0.1) is 0 Å². The van der Waals surface area contributed by atoms with Crippen LogP contribution in [-0.4, -0.2) is 19.2 Å². The molecule has 0 heterocycles. The van der Waals surface area contributed by atoms with Crippen LogP contribution in [-0.2, 0) is 4.43 Å². The quantitative estimate of drug-likeness (QED) is 0.540. The molecule has 1 fully saturated rings. The molecule has 1 saturated carbocycles. The molecule has 14 heavy (non-hydrogen) atoms. The molecule has 0 bridgehead atoms. The first-order valence-corrected chi connectivity index (χ1v) is 9.38. The molecule has 0 aromatic heterocycles. The third-order valence-electron chi connectivity index (χ3n) is 3.62. The predicted molar refractivity (Wildman–Crippen MR) is 68.6 cm³/mol. The van der Waals surface area contributed by atoms with Gasteiger partial charge in [0.2, 0.25) is 0 Å². The minimum absolute atomic E-state index is 0.336. The average molecular weight is 279 g/mol. The summed E-state index contributed by atoms with van der Waals surface area (Å²) in [7, 11) is -1.54. The van der Waals surface area contributed by atoms with Gasteiger partial charge >= 0.3 is 0 Å². The highest BCUT2D eigenvalue weighted by Crippen LogP contribution is 2.40. The van der Waals surface area contributed by atoms with Crippen molar-refractivity contribution in [3.05, 3.63) is 0 Å². The highest BCUT2D eigenvalue weighted by molar-refractivity contribution is 9.09. The van der Waals surface area contributed by atoms with Crippen molar-refractivity contribution in [3.8, 4) is 0 Å². The normalized spacial score (nSPS) is 29.6. The van der Waals surface area contributed by atoms with Gasteiger partial charge in [-0.05, 0) is 37.4 Å². The predicted octanol–water partition coefficient (Wildman–Crippen LogP) is 4.32. The zero-order valence-electron chi connectivity index (χ0n) is 10.1. The summed E-state index contributed by atoms with van der Waals surface area (Å²) >= 11 is 3.72. The maximum absolute atomic E-state index is 6.37. The Morgan fingerprint density at radius 1 is 1.21 bits per heavy atom. The molecule has 84 valence electrons. The first-order valence-electron chi connectivity index (χ1n) is 5.56. The maximum atomic E-state index is 6.37. The fourth-order valence-electron chi connectivity index (χ4n) is 1.57. The molecule has 0 spiro atoms. The minimum Gasteiger partial charge on any atom is -0.413 e. The molecule has 0 amide bonds. The number of hydrogen-bond acceptors (Lipinski definition) is 1. The molecule has 2 atom stereocenters. The van der Waals surface area contributed by atoms with E-state index in [1.807, 2.05) is 0 Å². The second-order valence-corrected chi connectivity index (χ2v) is 11.8. The molecule has 3 heteroatoms. The van der Waals surface area contributed by atoms with Crippen molar-refractivity contribution < 1.29 is 4.43 Å². The van der Waals surface area contributed by atoms with Crippen LogP contribution in [0.4, 0.5) is 0 Å². The monoisotopic (exact) mass is 278 g/mol. The van der Waals surface area contributed by atoms with Crippen LogP contribution < -0.4 is 0 Å². The summed E-state index contributed by atoms with van der Waals surface area (Å²) in [6, 6.07) is 0. The van der Waals surface area contributed by atoms with Crippen molar-refractivity contribution in [2.75, 3.05) is 0 Å². The standard InChI is InChI=1S/C11H23BrOSi/c1-11(2,3)14(4,5)13-10-8-6-7-9(10)12/h9-10H,6-8H2,1-5H3/t9-,10-/m0/s1. The zero-order chi connectivity index (χ0) is 11.0. The van der Waals surface area contributed by atoms with Crippen molar-refractivity contribution in [1.29, 1.82) is 0 Å². The van der Waals surface area contributed by atoms with Crippen LogP contribution in [0.2, 0.25) is 18.1 Å². The second kappa shape index (κ2) is 4.26. The van der Waals surface area contributed by atoms with Gasteiger partial charge < -0.3 is 4.43 Å². The zero-order valence-corrected chi connectivity index (χ0v) is 12.6. The molecule has 0 aromatic carbocycles. The van der Waals surface area contributed by atoms with Crippen LogP contribution >= 0.6 is 15.9 Å². The van der Waals surface area contributed by atoms with Crippen molar-refractivity contribution >= 4 is 24.2 Å². The van der Waals surface area contributed by atoms with E-state index in [0.717, 1.165) is 0 Å². The second-order valence-electron chi connectivity index (χ2n) is 5.86. The summed E-state index contributed by atoms with van der Waals surface area (Å²) in [6.07, 6.45) is 4.30. The molecule has 0 saturated heterocycles. The van der Waals surface area contributed by atoms with Gasteiger partial charge in [0, 0.05) is 4.83 Å². The number of rotatable bonds is 2. The molecule has 0 aromatic rings. The minimum atomic E-state index is -1.54. The number of halogens is 1. The van der Waals surface area contributed by atoms with E-state index in [1.54, 1.807) is 0 Å². The summed E-state index contributed by atoms with van der Waals surface area (Å²) in [5.74, 6) is 0. The van der Waals surface area contributed by atoms with Crippen LogP contribution in [0.15, 0.2) is 0 Å². The molecule has 0 N–H and O–H groups in total. The van der Waals surface area contributed by atoms with Crippen LogP contribution in [0.3, 0.4) is 0 Å². The molecular formula is C11H23BrOSi. The molecule has 1 rings (SSSR count). The highest BCUT2D eigenvalue weighted by atomic mass is 79.9. The Morgan fingerprint density at radius 3 is 2.14 bits per heavy atom. The third-order valence-corrected chi connectivity index (χ3v) is 9.18. The third kappa shape index (κ3) is 2.83. The molecule has 1 aliphatic carbocycles. The molecule has 0 aliphatic heterocycles. The van der Waals surface area contributed by atoms with Crippen molar-refractivity contribution in [2.45, 2.75) is 69.1 Å². The van der Waals surface area contributed by atoms with Crippen molar-refractivity contribution in [2.24, 2.45) is 0 Å².